The van der Waals surface area contributed by atoms with Gasteiger partial charge in [-0.15, -0.1) is 0 Å². The van der Waals surface area contributed by atoms with Gasteiger partial charge in [0.1, 0.15) is 0 Å². The van der Waals surface area contributed by atoms with E-state index in [1.165, 1.54) is 10.6 Å². The molecule has 3 rings (SSSR count). The van der Waals surface area contributed by atoms with Crippen LogP contribution in [0.15, 0.2) is 36.4 Å². The van der Waals surface area contributed by atoms with Crippen LogP contribution >= 0.6 is 0 Å². The van der Waals surface area contributed by atoms with Crippen LogP contribution in [0.2, 0.25) is 0 Å². The molecule has 1 aliphatic heterocycles. The van der Waals surface area contributed by atoms with Crippen LogP contribution in [0, 0.1) is 0 Å². The monoisotopic (exact) mass is 372 g/mol. The first-order chi connectivity index (χ1) is 12.3. The van der Waals surface area contributed by atoms with Gasteiger partial charge in [0.05, 0.1) is 11.9 Å². The minimum Gasteiger partial charge on any atom is -0.321 e. The summed E-state index contributed by atoms with van der Waals surface area (Å²) in [6.45, 7) is 4.57. The highest BCUT2D eigenvalue weighted by Gasteiger charge is 2.26. The van der Waals surface area contributed by atoms with Crippen LogP contribution in [-0.2, 0) is 29.3 Å². The SMILES string of the molecule is CCc1cccc(CC)c1NC(=O)c1ccc2c(c1)CCN2S(C)(=O)=O. The van der Waals surface area contributed by atoms with E-state index in [-0.39, 0.29) is 5.91 Å². The third kappa shape index (κ3) is 3.46. The van der Waals surface area contributed by atoms with Gasteiger partial charge in [0.2, 0.25) is 10.0 Å². The van der Waals surface area contributed by atoms with E-state index in [1.54, 1.807) is 18.2 Å². The number of benzene rings is 2. The predicted molar refractivity (Wildman–Crippen MR) is 105 cm³/mol. The number of carbonyl (C=O) groups excluding carboxylic acids is 1. The minimum absolute atomic E-state index is 0.166. The summed E-state index contributed by atoms with van der Waals surface area (Å²) in [5.41, 5.74) is 5.23. The summed E-state index contributed by atoms with van der Waals surface area (Å²) in [5, 5.41) is 3.06. The lowest BCUT2D eigenvalue weighted by Crippen LogP contribution is -2.27. The first-order valence-corrected chi connectivity index (χ1v) is 10.7. The summed E-state index contributed by atoms with van der Waals surface area (Å²) in [7, 11) is -3.28. The maximum atomic E-state index is 12.8. The lowest BCUT2D eigenvalue weighted by atomic mass is 10.0. The van der Waals surface area contributed by atoms with Crippen molar-refractivity contribution in [3.05, 3.63) is 58.7 Å². The number of amides is 1. The Morgan fingerprint density at radius 3 is 2.35 bits per heavy atom. The molecule has 1 amide bonds. The van der Waals surface area contributed by atoms with Gasteiger partial charge in [-0.2, -0.15) is 0 Å². The second-order valence-corrected chi connectivity index (χ2v) is 8.45. The molecule has 0 radical (unpaired) electrons. The molecule has 0 aliphatic carbocycles. The number of aryl methyl sites for hydroxylation is 2. The molecule has 0 atom stereocenters. The number of hydrogen-bond acceptors (Lipinski definition) is 3. The molecule has 5 nitrogen and oxygen atoms in total. The van der Waals surface area contributed by atoms with Crippen LogP contribution in [-0.4, -0.2) is 27.1 Å². The zero-order chi connectivity index (χ0) is 18.9. The maximum Gasteiger partial charge on any atom is 0.255 e. The number of fused-ring (bicyclic) bond motifs is 1. The molecular formula is C20H24N2O3S. The highest BCUT2D eigenvalue weighted by atomic mass is 32.2. The highest BCUT2D eigenvalue weighted by molar-refractivity contribution is 7.92. The second-order valence-electron chi connectivity index (χ2n) is 6.54. The molecule has 0 fully saturated rings. The van der Waals surface area contributed by atoms with E-state index >= 15 is 0 Å². The van der Waals surface area contributed by atoms with Crippen molar-refractivity contribution in [3.8, 4) is 0 Å². The molecular weight excluding hydrogens is 348 g/mol. The molecule has 26 heavy (non-hydrogen) atoms. The van der Waals surface area contributed by atoms with Gasteiger partial charge in [0.25, 0.3) is 5.91 Å². The topological polar surface area (TPSA) is 66.5 Å². The number of carbonyl (C=O) groups is 1. The Labute approximate surface area is 155 Å². The molecule has 0 aromatic heterocycles. The zero-order valence-electron chi connectivity index (χ0n) is 15.4. The lowest BCUT2D eigenvalue weighted by molar-refractivity contribution is 0.102. The van der Waals surface area contributed by atoms with Crippen LogP contribution in [0.25, 0.3) is 0 Å². The van der Waals surface area contributed by atoms with Gasteiger partial charge in [0.15, 0.2) is 0 Å². The summed E-state index contributed by atoms with van der Waals surface area (Å²) < 4.78 is 25.1. The Kier molecular flexibility index (Phi) is 5.05. The fourth-order valence-electron chi connectivity index (χ4n) is 3.45. The quantitative estimate of drug-likeness (QED) is 0.875. The molecule has 0 saturated carbocycles. The molecule has 0 spiro atoms. The molecule has 138 valence electrons. The van der Waals surface area contributed by atoms with E-state index in [1.807, 2.05) is 18.2 Å². The maximum absolute atomic E-state index is 12.8. The van der Waals surface area contributed by atoms with Crippen molar-refractivity contribution in [3.63, 3.8) is 0 Å². The van der Waals surface area contributed by atoms with Crippen LogP contribution in [0.5, 0.6) is 0 Å². The van der Waals surface area contributed by atoms with E-state index in [9.17, 15) is 13.2 Å². The minimum atomic E-state index is -3.28. The molecule has 0 saturated heterocycles. The first kappa shape index (κ1) is 18.5. The fourth-order valence-corrected chi connectivity index (χ4v) is 4.40. The molecule has 0 bridgehead atoms. The van der Waals surface area contributed by atoms with Crippen molar-refractivity contribution in [2.75, 3.05) is 22.4 Å². The van der Waals surface area contributed by atoms with Gasteiger partial charge in [0, 0.05) is 17.8 Å². The Morgan fingerprint density at radius 1 is 1.12 bits per heavy atom. The van der Waals surface area contributed by atoms with Crippen LogP contribution in [0.4, 0.5) is 11.4 Å². The number of anilines is 2. The number of nitrogens with zero attached hydrogens (tertiary/aromatic N) is 1. The van der Waals surface area contributed by atoms with Gasteiger partial charge in [-0.05, 0) is 54.2 Å². The molecule has 0 unspecified atom stereocenters. The molecule has 1 heterocycles. The van der Waals surface area contributed by atoms with Crippen molar-refractivity contribution in [1.29, 1.82) is 0 Å². The van der Waals surface area contributed by atoms with E-state index in [0.717, 1.165) is 35.2 Å². The third-order valence-electron chi connectivity index (χ3n) is 4.83. The molecule has 6 heteroatoms. The van der Waals surface area contributed by atoms with Crippen molar-refractivity contribution < 1.29 is 13.2 Å². The Hall–Kier alpha value is -2.34. The Morgan fingerprint density at radius 2 is 1.77 bits per heavy atom. The summed E-state index contributed by atoms with van der Waals surface area (Å²) in [4.78, 5) is 12.8. The van der Waals surface area contributed by atoms with E-state index < -0.39 is 10.0 Å². The Balaban J connectivity index is 1.89. The van der Waals surface area contributed by atoms with Crippen LogP contribution in [0.3, 0.4) is 0 Å². The lowest BCUT2D eigenvalue weighted by Gasteiger charge is -2.17. The molecule has 1 aliphatic rings. The average Bonchev–Trinajstić information content (AvgIpc) is 3.05. The van der Waals surface area contributed by atoms with Gasteiger partial charge in [-0.25, -0.2) is 8.42 Å². The second kappa shape index (κ2) is 7.11. The summed E-state index contributed by atoms with van der Waals surface area (Å²) in [6.07, 6.45) is 3.51. The van der Waals surface area contributed by atoms with Crippen molar-refractivity contribution >= 4 is 27.3 Å². The molecule has 2 aromatic rings. The normalized spacial score (nSPS) is 13.6. The van der Waals surface area contributed by atoms with Crippen LogP contribution in [0.1, 0.15) is 40.9 Å². The van der Waals surface area contributed by atoms with Crippen molar-refractivity contribution in [2.45, 2.75) is 33.1 Å². The van der Waals surface area contributed by atoms with E-state index in [2.05, 4.69) is 19.2 Å². The number of para-hydroxylation sites is 1. The number of sulfonamides is 1. The van der Waals surface area contributed by atoms with Crippen molar-refractivity contribution in [1.82, 2.24) is 0 Å². The predicted octanol–water partition coefficient (Wildman–Crippen LogP) is 3.39. The van der Waals surface area contributed by atoms with Gasteiger partial charge < -0.3 is 5.32 Å². The van der Waals surface area contributed by atoms with Gasteiger partial charge in [-0.3, -0.25) is 9.10 Å². The smallest absolute Gasteiger partial charge is 0.255 e. The standard InChI is InChI=1S/C20H24N2O3S/c1-4-14-7-6-8-15(5-2)19(14)21-20(23)17-9-10-18-16(13-17)11-12-22(18)26(3,24)25/h6-10,13H,4-5,11-12H2,1-3H3,(H,21,23). The number of hydrogen-bond donors (Lipinski definition) is 1. The summed E-state index contributed by atoms with van der Waals surface area (Å²) in [5.74, 6) is -0.166. The number of nitrogens with one attached hydrogen (secondary N) is 1. The Bertz CT molecular complexity index is 929. The largest absolute Gasteiger partial charge is 0.321 e. The average molecular weight is 372 g/mol. The van der Waals surface area contributed by atoms with Gasteiger partial charge >= 0.3 is 0 Å². The summed E-state index contributed by atoms with van der Waals surface area (Å²) >= 11 is 0. The third-order valence-corrected chi connectivity index (χ3v) is 6.01. The van der Waals surface area contributed by atoms with Crippen LogP contribution < -0.4 is 9.62 Å². The van der Waals surface area contributed by atoms with E-state index in [4.69, 9.17) is 0 Å². The fraction of sp³-hybridized carbons (Fsp3) is 0.350. The number of rotatable bonds is 5. The summed E-state index contributed by atoms with van der Waals surface area (Å²) in [6, 6.07) is 11.3. The van der Waals surface area contributed by atoms with Gasteiger partial charge in [-0.1, -0.05) is 32.0 Å². The first-order valence-electron chi connectivity index (χ1n) is 8.88. The van der Waals surface area contributed by atoms with Crippen molar-refractivity contribution in [2.24, 2.45) is 0 Å². The molecule has 1 N–H and O–H groups in total. The highest BCUT2D eigenvalue weighted by Crippen LogP contribution is 2.31. The zero-order valence-corrected chi connectivity index (χ0v) is 16.2. The van der Waals surface area contributed by atoms with E-state index in [0.29, 0.717) is 24.2 Å². The molecule has 2 aromatic carbocycles.